The van der Waals surface area contributed by atoms with Crippen LogP contribution in [0, 0.1) is 0 Å². The van der Waals surface area contributed by atoms with Crippen molar-refractivity contribution in [3.63, 3.8) is 0 Å². The van der Waals surface area contributed by atoms with Gasteiger partial charge in [-0.1, -0.05) is 45.0 Å². The van der Waals surface area contributed by atoms with Gasteiger partial charge in [-0.2, -0.15) is 0 Å². The van der Waals surface area contributed by atoms with Crippen LogP contribution in [0.1, 0.15) is 54.0 Å². The highest BCUT2D eigenvalue weighted by Crippen LogP contribution is 2.24. The zero-order valence-corrected chi connectivity index (χ0v) is 17.4. The van der Waals surface area contributed by atoms with Crippen LogP contribution in [0.4, 0.5) is 5.69 Å². The molecule has 0 saturated carbocycles. The molecule has 1 N–H and O–H groups in total. The smallest absolute Gasteiger partial charge is 0.326 e. The van der Waals surface area contributed by atoms with Gasteiger partial charge in [0.25, 0.3) is 17.7 Å². The standard InChI is InChI=1S/C23H24N2O5/c1-14(20(27)24-16-11-9-15(10-12-16)23(2,3)4)30-19(26)13-25-21(28)17-7-5-6-8-18(17)22(25)29/h5-12,14H,13H2,1-4H3,(H,24,27). The number of hydrogen-bond acceptors (Lipinski definition) is 5. The molecule has 30 heavy (non-hydrogen) atoms. The summed E-state index contributed by atoms with van der Waals surface area (Å²) < 4.78 is 5.12. The Morgan fingerprint density at radius 2 is 1.50 bits per heavy atom. The predicted octanol–water partition coefficient (Wildman–Crippen LogP) is 3.15. The molecule has 1 atom stereocenters. The van der Waals surface area contributed by atoms with E-state index in [1.807, 2.05) is 12.1 Å². The highest BCUT2D eigenvalue weighted by Gasteiger charge is 2.37. The Morgan fingerprint density at radius 3 is 2.00 bits per heavy atom. The predicted molar refractivity (Wildman–Crippen MR) is 111 cm³/mol. The minimum atomic E-state index is -1.09. The number of esters is 1. The van der Waals surface area contributed by atoms with Crippen LogP contribution in [0.2, 0.25) is 0 Å². The van der Waals surface area contributed by atoms with Crippen molar-refractivity contribution in [3.8, 4) is 0 Å². The Balaban J connectivity index is 1.56. The maximum Gasteiger partial charge on any atom is 0.326 e. The number of imide groups is 1. The Hall–Kier alpha value is -3.48. The van der Waals surface area contributed by atoms with Crippen molar-refractivity contribution in [3.05, 3.63) is 65.2 Å². The van der Waals surface area contributed by atoms with Crippen LogP contribution in [0.5, 0.6) is 0 Å². The van der Waals surface area contributed by atoms with E-state index in [0.29, 0.717) is 5.69 Å². The molecule has 0 bridgehead atoms. The van der Waals surface area contributed by atoms with E-state index in [4.69, 9.17) is 4.74 Å². The number of nitrogens with one attached hydrogen (secondary N) is 1. The maximum absolute atomic E-state index is 12.3. The van der Waals surface area contributed by atoms with Gasteiger partial charge >= 0.3 is 5.97 Å². The molecule has 0 radical (unpaired) electrons. The number of nitrogens with zero attached hydrogens (tertiary/aromatic N) is 1. The van der Waals surface area contributed by atoms with Crippen LogP contribution >= 0.6 is 0 Å². The van der Waals surface area contributed by atoms with Crippen LogP contribution in [0.3, 0.4) is 0 Å². The summed E-state index contributed by atoms with van der Waals surface area (Å²) in [4.78, 5) is 50.0. The molecular weight excluding hydrogens is 384 g/mol. The zero-order valence-electron chi connectivity index (χ0n) is 17.4. The summed E-state index contributed by atoms with van der Waals surface area (Å²) in [5.41, 5.74) is 2.20. The molecule has 0 saturated heterocycles. The van der Waals surface area contributed by atoms with Gasteiger partial charge in [0.15, 0.2) is 6.10 Å². The van der Waals surface area contributed by atoms with Crippen LogP contribution in [0.15, 0.2) is 48.5 Å². The van der Waals surface area contributed by atoms with Gasteiger partial charge in [-0.05, 0) is 42.2 Å². The Kier molecular flexibility index (Phi) is 5.73. The molecule has 0 spiro atoms. The third-order valence-corrected chi connectivity index (χ3v) is 4.86. The Bertz CT molecular complexity index is 970. The molecule has 156 valence electrons. The fourth-order valence-corrected chi connectivity index (χ4v) is 3.10. The lowest BCUT2D eigenvalue weighted by Gasteiger charge is -2.20. The lowest BCUT2D eigenvalue weighted by atomic mass is 9.87. The molecule has 2 aromatic carbocycles. The number of benzene rings is 2. The molecule has 7 nitrogen and oxygen atoms in total. The molecule has 3 amide bonds. The van der Waals surface area contributed by atoms with E-state index in [1.165, 1.54) is 19.1 Å². The number of fused-ring (bicyclic) bond motifs is 1. The SMILES string of the molecule is CC(OC(=O)CN1C(=O)c2ccccc2C1=O)C(=O)Nc1ccc(C(C)(C)C)cc1. The Morgan fingerprint density at radius 1 is 0.967 bits per heavy atom. The third kappa shape index (κ3) is 4.40. The van der Waals surface area contributed by atoms with Crippen LogP contribution < -0.4 is 5.32 Å². The van der Waals surface area contributed by atoms with Crippen molar-refractivity contribution >= 4 is 29.4 Å². The van der Waals surface area contributed by atoms with Crippen molar-refractivity contribution in [1.82, 2.24) is 4.90 Å². The average molecular weight is 408 g/mol. The van der Waals surface area contributed by atoms with Crippen LogP contribution in [-0.4, -0.2) is 41.2 Å². The summed E-state index contributed by atoms with van der Waals surface area (Å²) in [6, 6.07) is 13.8. The average Bonchev–Trinajstić information content (AvgIpc) is 2.93. The van der Waals surface area contributed by atoms with E-state index >= 15 is 0 Å². The molecule has 0 fully saturated rings. The van der Waals surface area contributed by atoms with Gasteiger partial charge in [0.2, 0.25) is 0 Å². The van der Waals surface area contributed by atoms with E-state index in [0.717, 1.165) is 10.5 Å². The highest BCUT2D eigenvalue weighted by molar-refractivity contribution is 6.22. The summed E-state index contributed by atoms with van der Waals surface area (Å²) in [7, 11) is 0. The normalized spacial score (nSPS) is 14.3. The van der Waals surface area contributed by atoms with E-state index < -0.39 is 36.3 Å². The second kappa shape index (κ2) is 8.10. The lowest BCUT2D eigenvalue weighted by Crippen LogP contribution is -2.38. The molecule has 0 aromatic heterocycles. The quantitative estimate of drug-likeness (QED) is 0.606. The topological polar surface area (TPSA) is 92.8 Å². The molecule has 1 aliphatic heterocycles. The summed E-state index contributed by atoms with van der Waals surface area (Å²) in [6.07, 6.45) is -1.09. The monoisotopic (exact) mass is 408 g/mol. The number of anilines is 1. The minimum absolute atomic E-state index is 0.00450. The second-order valence-corrected chi connectivity index (χ2v) is 8.19. The molecule has 1 aliphatic rings. The molecule has 7 heteroatoms. The number of carbonyl (C=O) groups is 4. The van der Waals surface area contributed by atoms with Gasteiger partial charge in [0.05, 0.1) is 11.1 Å². The highest BCUT2D eigenvalue weighted by atomic mass is 16.5. The summed E-state index contributed by atoms with van der Waals surface area (Å²) in [5, 5.41) is 2.69. The fourth-order valence-electron chi connectivity index (χ4n) is 3.10. The summed E-state index contributed by atoms with van der Waals surface area (Å²) >= 11 is 0. The Labute approximate surface area is 175 Å². The lowest BCUT2D eigenvalue weighted by molar-refractivity contribution is -0.153. The third-order valence-electron chi connectivity index (χ3n) is 4.86. The second-order valence-electron chi connectivity index (χ2n) is 8.19. The van der Waals surface area contributed by atoms with E-state index in [2.05, 4.69) is 26.1 Å². The van der Waals surface area contributed by atoms with Crippen LogP contribution in [0.25, 0.3) is 0 Å². The van der Waals surface area contributed by atoms with Gasteiger partial charge in [-0.15, -0.1) is 0 Å². The number of rotatable bonds is 5. The molecule has 1 heterocycles. The largest absolute Gasteiger partial charge is 0.451 e. The molecule has 0 aliphatic carbocycles. The first-order valence-electron chi connectivity index (χ1n) is 9.64. The zero-order chi connectivity index (χ0) is 22.1. The van der Waals surface area contributed by atoms with Gasteiger partial charge in [-0.3, -0.25) is 24.1 Å². The van der Waals surface area contributed by atoms with Gasteiger partial charge < -0.3 is 10.1 Å². The number of hydrogen-bond donors (Lipinski definition) is 1. The van der Waals surface area contributed by atoms with Crippen molar-refractivity contribution in [2.45, 2.75) is 39.2 Å². The van der Waals surface area contributed by atoms with Crippen molar-refractivity contribution in [1.29, 1.82) is 0 Å². The first-order valence-corrected chi connectivity index (χ1v) is 9.64. The maximum atomic E-state index is 12.3. The minimum Gasteiger partial charge on any atom is -0.451 e. The van der Waals surface area contributed by atoms with Gasteiger partial charge in [0.1, 0.15) is 6.54 Å². The van der Waals surface area contributed by atoms with Gasteiger partial charge in [-0.25, -0.2) is 0 Å². The van der Waals surface area contributed by atoms with Crippen molar-refractivity contribution in [2.24, 2.45) is 0 Å². The van der Waals surface area contributed by atoms with Crippen molar-refractivity contribution < 1.29 is 23.9 Å². The number of carbonyl (C=O) groups excluding carboxylic acids is 4. The summed E-state index contributed by atoms with van der Waals surface area (Å²) in [5.74, 6) is -2.45. The first kappa shape index (κ1) is 21.2. The molecule has 2 aromatic rings. The van der Waals surface area contributed by atoms with E-state index in [1.54, 1.807) is 24.3 Å². The van der Waals surface area contributed by atoms with E-state index in [9.17, 15) is 19.2 Å². The molecule has 1 unspecified atom stereocenters. The van der Waals surface area contributed by atoms with E-state index in [-0.39, 0.29) is 16.5 Å². The molecular formula is C23H24N2O5. The van der Waals surface area contributed by atoms with Gasteiger partial charge in [0, 0.05) is 5.69 Å². The van der Waals surface area contributed by atoms with Crippen molar-refractivity contribution in [2.75, 3.05) is 11.9 Å². The fraction of sp³-hybridized carbons (Fsp3) is 0.304. The molecule has 3 rings (SSSR count). The van der Waals surface area contributed by atoms with Crippen LogP contribution in [-0.2, 0) is 19.7 Å². The number of amides is 3. The first-order chi connectivity index (χ1) is 14.1. The summed E-state index contributed by atoms with van der Waals surface area (Å²) in [6.45, 7) is 7.16. The number of ether oxygens (including phenoxy) is 1.